The number of aliphatic carboxylic acids is 1. The van der Waals surface area contributed by atoms with E-state index in [4.69, 9.17) is 0 Å². The molecule has 0 spiro atoms. The van der Waals surface area contributed by atoms with Gasteiger partial charge in [0.2, 0.25) is 0 Å². The Hall–Kier alpha value is -1.51. The molecule has 1 atom stereocenters. The summed E-state index contributed by atoms with van der Waals surface area (Å²) >= 11 is 0. The normalized spacial score (nSPS) is 12.3. The van der Waals surface area contributed by atoms with Crippen molar-refractivity contribution in [3.8, 4) is 5.75 Å². The lowest BCUT2D eigenvalue weighted by molar-refractivity contribution is -0.142. The maximum Gasteiger partial charge on any atom is 0.306 e. The van der Waals surface area contributed by atoms with Crippen molar-refractivity contribution in [3.05, 3.63) is 28.8 Å². The molecule has 154 valence electrons. The zero-order chi connectivity index (χ0) is 20.1. The van der Waals surface area contributed by atoms with E-state index in [0.717, 1.165) is 36.0 Å². The number of aryl methyl sites for hydroxylation is 2. The smallest absolute Gasteiger partial charge is 0.306 e. The van der Waals surface area contributed by atoms with Crippen molar-refractivity contribution in [2.45, 2.75) is 104 Å². The van der Waals surface area contributed by atoms with Crippen LogP contribution >= 0.6 is 0 Å². The van der Waals surface area contributed by atoms with E-state index in [1.165, 1.54) is 57.8 Å². The number of phenolic OH excluding ortho intramolecular Hbond substituents is 1. The average Bonchev–Trinajstić information content (AvgIpc) is 2.62. The van der Waals surface area contributed by atoms with Crippen molar-refractivity contribution in [2.24, 2.45) is 5.92 Å². The number of phenols is 1. The van der Waals surface area contributed by atoms with Crippen LogP contribution in [0.4, 0.5) is 0 Å². The summed E-state index contributed by atoms with van der Waals surface area (Å²) in [7, 11) is 0. The van der Waals surface area contributed by atoms with Gasteiger partial charge in [-0.15, -0.1) is 0 Å². The van der Waals surface area contributed by atoms with Crippen LogP contribution in [0.2, 0.25) is 0 Å². The van der Waals surface area contributed by atoms with Gasteiger partial charge in [-0.2, -0.15) is 0 Å². The summed E-state index contributed by atoms with van der Waals surface area (Å²) in [4.78, 5) is 11.6. The second kappa shape index (κ2) is 13.6. The molecule has 0 aliphatic rings. The van der Waals surface area contributed by atoms with E-state index >= 15 is 0 Å². The molecule has 0 heterocycles. The van der Waals surface area contributed by atoms with Crippen molar-refractivity contribution in [1.29, 1.82) is 0 Å². The highest BCUT2D eigenvalue weighted by atomic mass is 16.4. The van der Waals surface area contributed by atoms with Gasteiger partial charge in [-0.25, -0.2) is 0 Å². The fourth-order valence-corrected chi connectivity index (χ4v) is 3.82. The minimum absolute atomic E-state index is 0.316. The van der Waals surface area contributed by atoms with Crippen molar-refractivity contribution >= 4 is 5.97 Å². The van der Waals surface area contributed by atoms with Crippen LogP contribution in [0.1, 0.15) is 101 Å². The fraction of sp³-hybridized carbons (Fsp3) is 0.708. The lowest BCUT2D eigenvalue weighted by atomic mass is 9.92. The molecule has 0 amide bonds. The monoisotopic (exact) mass is 376 g/mol. The quantitative estimate of drug-likeness (QED) is 0.325. The molecule has 0 aliphatic carbocycles. The first kappa shape index (κ1) is 23.5. The van der Waals surface area contributed by atoms with Gasteiger partial charge in [0.15, 0.2) is 0 Å². The van der Waals surface area contributed by atoms with Gasteiger partial charge in [-0.3, -0.25) is 4.79 Å². The van der Waals surface area contributed by atoms with Gasteiger partial charge in [-0.1, -0.05) is 89.7 Å². The Labute approximate surface area is 166 Å². The minimum Gasteiger partial charge on any atom is -0.507 e. The van der Waals surface area contributed by atoms with Crippen molar-refractivity contribution < 1.29 is 15.0 Å². The van der Waals surface area contributed by atoms with E-state index in [1.807, 2.05) is 26.0 Å². The molecule has 2 N–H and O–H groups in total. The van der Waals surface area contributed by atoms with Gasteiger partial charge >= 0.3 is 5.97 Å². The number of unbranched alkanes of at least 4 members (excludes halogenated alkanes) is 10. The number of rotatable bonds is 15. The molecule has 3 heteroatoms. The van der Waals surface area contributed by atoms with Crippen LogP contribution in [-0.2, 0) is 11.2 Å². The Morgan fingerprint density at radius 2 is 1.30 bits per heavy atom. The van der Waals surface area contributed by atoms with Crippen LogP contribution < -0.4 is 0 Å². The van der Waals surface area contributed by atoms with E-state index in [0.29, 0.717) is 12.2 Å². The number of hydrogen-bond acceptors (Lipinski definition) is 2. The van der Waals surface area contributed by atoms with Crippen LogP contribution in [0.3, 0.4) is 0 Å². The van der Waals surface area contributed by atoms with E-state index in [2.05, 4.69) is 6.92 Å². The summed E-state index contributed by atoms with van der Waals surface area (Å²) in [6.07, 6.45) is 15.4. The number of carboxylic acid groups (broad SMARTS) is 1. The number of carbonyl (C=O) groups is 1. The van der Waals surface area contributed by atoms with Gasteiger partial charge in [0, 0.05) is 0 Å². The van der Waals surface area contributed by atoms with Crippen LogP contribution in [0.15, 0.2) is 12.1 Å². The lowest BCUT2D eigenvalue weighted by Crippen LogP contribution is -2.16. The molecule has 3 nitrogen and oxygen atoms in total. The standard InChI is InChI=1S/C24H40O3/c1-4-5-6-7-8-9-10-11-12-13-14-15-22(24(26)27)18-21-16-19(2)23(25)20(3)17-21/h16-17,22,25H,4-15,18H2,1-3H3,(H,26,27). The molecule has 1 aromatic rings. The molecule has 0 saturated carbocycles. The molecule has 27 heavy (non-hydrogen) atoms. The second-order valence-electron chi connectivity index (χ2n) is 8.14. The zero-order valence-electron chi connectivity index (χ0n) is 17.7. The summed E-state index contributed by atoms with van der Waals surface area (Å²) in [6, 6.07) is 3.83. The van der Waals surface area contributed by atoms with Crippen LogP contribution in [-0.4, -0.2) is 16.2 Å². The number of carboxylic acids is 1. The predicted molar refractivity (Wildman–Crippen MR) is 113 cm³/mol. The second-order valence-corrected chi connectivity index (χ2v) is 8.14. The van der Waals surface area contributed by atoms with E-state index < -0.39 is 5.97 Å². The molecule has 1 rings (SSSR count). The SMILES string of the molecule is CCCCCCCCCCCCCC(Cc1cc(C)c(O)c(C)c1)C(=O)O. The minimum atomic E-state index is -0.703. The maximum absolute atomic E-state index is 11.6. The third-order valence-corrected chi connectivity index (χ3v) is 5.54. The molecular weight excluding hydrogens is 336 g/mol. The Bertz CT molecular complexity index is 528. The first-order chi connectivity index (χ1) is 13.0. The summed E-state index contributed by atoms with van der Waals surface area (Å²) in [5.41, 5.74) is 2.66. The molecule has 1 aromatic carbocycles. The largest absolute Gasteiger partial charge is 0.507 e. The molecule has 0 fully saturated rings. The Balaban J connectivity index is 2.22. The zero-order valence-corrected chi connectivity index (χ0v) is 17.7. The first-order valence-electron chi connectivity index (χ1n) is 11.0. The van der Waals surface area contributed by atoms with Crippen molar-refractivity contribution in [1.82, 2.24) is 0 Å². The Kier molecular flexibility index (Phi) is 11.9. The highest BCUT2D eigenvalue weighted by Gasteiger charge is 2.18. The third-order valence-electron chi connectivity index (χ3n) is 5.54. The highest BCUT2D eigenvalue weighted by molar-refractivity contribution is 5.70. The first-order valence-corrected chi connectivity index (χ1v) is 11.0. The van der Waals surface area contributed by atoms with Crippen molar-refractivity contribution in [3.63, 3.8) is 0 Å². The van der Waals surface area contributed by atoms with Crippen LogP contribution in [0.5, 0.6) is 5.75 Å². The molecule has 0 bridgehead atoms. The average molecular weight is 377 g/mol. The van der Waals surface area contributed by atoms with E-state index in [1.54, 1.807) is 0 Å². The highest BCUT2D eigenvalue weighted by Crippen LogP contribution is 2.25. The Morgan fingerprint density at radius 1 is 0.852 bits per heavy atom. The summed E-state index contributed by atoms with van der Waals surface area (Å²) < 4.78 is 0. The molecule has 1 unspecified atom stereocenters. The molecular formula is C24H40O3. The topological polar surface area (TPSA) is 57.5 Å². The summed E-state index contributed by atoms with van der Waals surface area (Å²) in [6.45, 7) is 5.98. The van der Waals surface area contributed by atoms with Crippen molar-refractivity contribution in [2.75, 3.05) is 0 Å². The lowest BCUT2D eigenvalue weighted by Gasteiger charge is -2.14. The third kappa shape index (κ3) is 9.83. The van der Waals surface area contributed by atoms with Gasteiger partial charge in [0.25, 0.3) is 0 Å². The van der Waals surface area contributed by atoms with Gasteiger partial charge in [-0.05, 0) is 43.4 Å². The van der Waals surface area contributed by atoms with Crippen LogP contribution in [0, 0.1) is 19.8 Å². The fourth-order valence-electron chi connectivity index (χ4n) is 3.82. The number of benzene rings is 1. The van der Waals surface area contributed by atoms with E-state index in [9.17, 15) is 15.0 Å². The van der Waals surface area contributed by atoms with Crippen LogP contribution in [0.25, 0.3) is 0 Å². The van der Waals surface area contributed by atoms with Gasteiger partial charge in [0.05, 0.1) is 5.92 Å². The molecule has 0 aromatic heterocycles. The van der Waals surface area contributed by atoms with E-state index in [-0.39, 0.29) is 5.92 Å². The molecule has 0 saturated heterocycles. The molecule has 0 radical (unpaired) electrons. The number of aromatic hydroxyl groups is 1. The maximum atomic E-state index is 11.6. The summed E-state index contributed by atoms with van der Waals surface area (Å²) in [5.74, 6) is -0.714. The summed E-state index contributed by atoms with van der Waals surface area (Å²) in [5, 5.41) is 19.4. The van der Waals surface area contributed by atoms with Gasteiger partial charge in [0.1, 0.15) is 5.75 Å². The van der Waals surface area contributed by atoms with Gasteiger partial charge < -0.3 is 10.2 Å². The predicted octanol–water partition coefficient (Wildman–Crippen LogP) is 6.95. The number of hydrogen-bond donors (Lipinski definition) is 2. The molecule has 0 aliphatic heterocycles. The Morgan fingerprint density at radius 3 is 1.74 bits per heavy atom.